The molecule has 2 aromatic carbocycles. The lowest BCUT2D eigenvalue weighted by atomic mass is 10.1. The Morgan fingerprint density at radius 2 is 1.79 bits per heavy atom. The van der Waals surface area contributed by atoms with E-state index < -0.39 is 11.8 Å². The van der Waals surface area contributed by atoms with Gasteiger partial charge in [-0.05, 0) is 49.8 Å². The van der Waals surface area contributed by atoms with E-state index in [9.17, 15) is 9.59 Å². The maximum absolute atomic E-state index is 12.0. The quantitative estimate of drug-likeness (QED) is 0.624. The third-order valence-electron chi connectivity index (χ3n) is 3.62. The summed E-state index contributed by atoms with van der Waals surface area (Å²) in [5, 5.41) is 5.37. The Labute approximate surface area is 147 Å². The molecule has 2 aromatic rings. The topological polar surface area (TPSA) is 58.2 Å². The van der Waals surface area contributed by atoms with Crippen molar-refractivity contribution in [3.63, 3.8) is 0 Å². The smallest absolute Gasteiger partial charge is 0.313 e. The SMILES string of the molecule is CSc1cccc(NC(=O)C(=O)NC(C)CCc2ccccc2)c1. The number of carbonyl (C=O) groups is 2. The molecule has 0 fully saturated rings. The summed E-state index contributed by atoms with van der Waals surface area (Å²) < 4.78 is 0. The number of benzene rings is 2. The van der Waals surface area contributed by atoms with Crippen molar-refractivity contribution in [2.24, 2.45) is 0 Å². The van der Waals surface area contributed by atoms with Gasteiger partial charge in [0.2, 0.25) is 0 Å². The highest BCUT2D eigenvalue weighted by molar-refractivity contribution is 7.98. The lowest BCUT2D eigenvalue weighted by Crippen LogP contribution is -2.40. The van der Waals surface area contributed by atoms with Gasteiger partial charge in [0.05, 0.1) is 0 Å². The van der Waals surface area contributed by atoms with Crippen LogP contribution in [-0.2, 0) is 16.0 Å². The van der Waals surface area contributed by atoms with Crippen molar-refractivity contribution < 1.29 is 9.59 Å². The van der Waals surface area contributed by atoms with Gasteiger partial charge in [-0.15, -0.1) is 11.8 Å². The molecular weight excluding hydrogens is 320 g/mol. The third-order valence-corrected chi connectivity index (χ3v) is 4.35. The predicted octanol–water partition coefficient (Wildman–Crippen LogP) is 3.48. The standard InChI is InChI=1S/C19H22N2O2S/c1-14(11-12-15-7-4-3-5-8-15)20-18(22)19(23)21-16-9-6-10-17(13-16)24-2/h3-10,13-14H,11-12H2,1-2H3,(H,20,22)(H,21,23). The molecule has 5 heteroatoms. The average Bonchev–Trinajstić information content (AvgIpc) is 2.61. The van der Waals surface area contributed by atoms with Crippen LogP contribution in [0.15, 0.2) is 59.5 Å². The molecule has 0 saturated heterocycles. The van der Waals surface area contributed by atoms with Crippen LogP contribution in [0.5, 0.6) is 0 Å². The van der Waals surface area contributed by atoms with E-state index in [-0.39, 0.29) is 6.04 Å². The number of hydrogen-bond donors (Lipinski definition) is 2. The van der Waals surface area contributed by atoms with E-state index in [1.54, 1.807) is 17.8 Å². The van der Waals surface area contributed by atoms with Crippen molar-refractivity contribution in [1.82, 2.24) is 5.32 Å². The van der Waals surface area contributed by atoms with E-state index >= 15 is 0 Å². The highest BCUT2D eigenvalue weighted by atomic mass is 32.2. The maximum Gasteiger partial charge on any atom is 0.313 e. The molecule has 2 N–H and O–H groups in total. The minimum atomic E-state index is -0.639. The molecule has 0 aromatic heterocycles. The summed E-state index contributed by atoms with van der Waals surface area (Å²) in [4.78, 5) is 25.0. The number of thioether (sulfide) groups is 1. The van der Waals surface area contributed by atoms with Crippen LogP contribution in [0.4, 0.5) is 5.69 Å². The second-order valence-electron chi connectivity index (χ2n) is 5.58. The van der Waals surface area contributed by atoms with Crippen molar-refractivity contribution in [3.05, 3.63) is 60.2 Å². The first-order valence-electron chi connectivity index (χ1n) is 7.88. The molecule has 0 bridgehead atoms. The van der Waals surface area contributed by atoms with Crippen molar-refractivity contribution in [2.75, 3.05) is 11.6 Å². The van der Waals surface area contributed by atoms with Gasteiger partial charge in [0, 0.05) is 16.6 Å². The summed E-state index contributed by atoms with van der Waals surface area (Å²) in [5.74, 6) is -1.25. The molecule has 0 aliphatic carbocycles. The van der Waals surface area contributed by atoms with Crippen LogP contribution >= 0.6 is 11.8 Å². The van der Waals surface area contributed by atoms with Crippen molar-refractivity contribution in [3.8, 4) is 0 Å². The first-order chi connectivity index (χ1) is 11.6. The Balaban J connectivity index is 1.81. The van der Waals surface area contributed by atoms with Gasteiger partial charge in [-0.25, -0.2) is 0 Å². The Morgan fingerprint density at radius 1 is 1.04 bits per heavy atom. The monoisotopic (exact) mass is 342 g/mol. The Bertz CT molecular complexity index is 689. The Kier molecular flexibility index (Phi) is 6.88. The molecule has 24 heavy (non-hydrogen) atoms. The van der Waals surface area contributed by atoms with Crippen LogP contribution in [0.25, 0.3) is 0 Å². The minimum absolute atomic E-state index is 0.0685. The van der Waals surface area contributed by atoms with Gasteiger partial charge in [0.25, 0.3) is 0 Å². The maximum atomic E-state index is 12.0. The van der Waals surface area contributed by atoms with E-state index in [0.29, 0.717) is 5.69 Å². The van der Waals surface area contributed by atoms with Crippen molar-refractivity contribution >= 4 is 29.3 Å². The first kappa shape index (κ1) is 18.1. The van der Waals surface area contributed by atoms with Gasteiger partial charge in [-0.1, -0.05) is 36.4 Å². The summed E-state index contributed by atoms with van der Waals surface area (Å²) in [6, 6.07) is 17.4. The normalized spacial score (nSPS) is 11.6. The van der Waals surface area contributed by atoms with Gasteiger partial charge >= 0.3 is 11.8 Å². The molecule has 0 heterocycles. The van der Waals surface area contributed by atoms with Crippen molar-refractivity contribution in [2.45, 2.75) is 30.7 Å². The molecule has 0 aliphatic heterocycles. The number of anilines is 1. The fraction of sp³-hybridized carbons (Fsp3) is 0.263. The number of rotatable bonds is 6. The molecule has 1 unspecified atom stereocenters. The van der Waals surface area contributed by atoms with E-state index in [1.807, 2.05) is 49.6 Å². The molecule has 2 amide bonds. The number of hydrogen-bond acceptors (Lipinski definition) is 3. The second-order valence-corrected chi connectivity index (χ2v) is 6.46. The number of carbonyl (C=O) groups excluding carboxylic acids is 2. The van der Waals surface area contributed by atoms with E-state index in [0.717, 1.165) is 17.7 Å². The van der Waals surface area contributed by atoms with Crippen LogP contribution in [0.1, 0.15) is 18.9 Å². The van der Waals surface area contributed by atoms with E-state index in [1.165, 1.54) is 5.56 Å². The summed E-state index contributed by atoms with van der Waals surface area (Å²) in [6.07, 6.45) is 3.60. The molecular formula is C19H22N2O2S. The molecule has 4 nitrogen and oxygen atoms in total. The van der Waals surface area contributed by atoms with Crippen LogP contribution in [0, 0.1) is 0 Å². The third kappa shape index (κ3) is 5.74. The zero-order valence-electron chi connectivity index (χ0n) is 13.9. The van der Waals surface area contributed by atoms with Crippen LogP contribution in [-0.4, -0.2) is 24.1 Å². The molecule has 0 saturated carbocycles. The highest BCUT2D eigenvalue weighted by Gasteiger charge is 2.16. The predicted molar refractivity (Wildman–Crippen MR) is 99.2 cm³/mol. The number of amides is 2. The van der Waals surface area contributed by atoms with Crippen LogP contribution in [0.3, 0.4) is 0 Å². The van der Waals surface area contributed by atoms with Gasteiger partial charge in [0.1, 0.15) is 0 Å². The largest absolute Gasteiger partial charge is 0.345 e. The molecule has 1 atom stereocenters. The highest BCUT2D eigenvalue weighted by Crippen LogP contribution is 2.18. The average molecular weight is 342 g/mol. The first-order valence-corrected chi connectivity index (χ1v) is 9.11. The Morgan fingerprint density at radius 3 is 2.50 bits per heavy atom. The van der Waals surface area contributed by atoms with Crippen LogP contribution in [0.2, 0.25) is 0 Å². The fourth-order valence-electron chi connectivity index (χ4n) is 2.28. The molecule has 0 spiro atoms. The van der Waals surface area contributed by atoms with Gasteiger partial charge < -0.3 is 10.6 Å². The summed E-state index contributed by atoms with van der Waals surface area (Å²) in [6.45, 7) is 1.91. The van der Waals surface area contributed by atoms with E-state index in [4.69, 9.17) is 0 Å². The number of nitrogens with one attached hydrogen (secondary N) is 2. The molecule has 126 valence electrons. The second kappa shape index (κ2) is 9.13. The van der Waals surface area contributed by atoms with Crippen molar-refractivity contribution in [1.29, 1.82) is 0 Å². The van der Waals surface area contributed by atoms with Gasteiger partial charge in [-0.2, -0.15) is 0 Å². The summed E-state index contributed by atoms with van der Waals surface area (Å²) in [7, 11) is 0. The summed E-state index contributed by atoms with van der Waals surface area (Å²) in [5.41, 5.74) is 1.84. The molecule has 0 radical (unpaired) electrons. The minimum Gasteiger partial charge on any atom is -0.345 e. The number of aryl methyl sites for hydroxylation is 1. The van der Waals surface area contributed by atoms with Gasteiger partial charge in [-0.3, -0.25) is 9.59 Å². The zero-order valence-corrected chi connectivity index (χ0v) is 14.7. The van der Waals surface area contributed by atoms with E-state index in [2.05, 4.69) is 22.8 Å². The van der Waals surface area contributed by atoms with Gasteiger partial charge in [0.15, 0.2) is 0 Å². The zero-order chi connectivity index (χ0) is 17.4. The lowest BCUT2D eigenvalue weighted by Gasteiger charge is -2.14. The van der Waals surface area contributed by atoms with Crippen LogP contribution < -0.4 is 10.6 Å². The fourth-order valence-corrected chi connectivity index (χ4v) is 2.74. The molecule has 2 rings (SSSR count). The summed E-state index contributed by atoms with van der Waals surface area (Å²) >= 11 is 1.58. The lowest BCUT2D eigenvalue weighted by molar-refractivity contribution is -0.136. The molecule has 0 aliphatic rings. The Hall–Kier alpha value is -2.27.